The van der Waals surface area contributed by atoms with E-state index in [-0.39, 0.29) is 13.1 Å². The maximum absolute atomic E-state index is 12.0. The molecule has 1 aromatic carbocycles. The van der Waals surface area contributed by atoms with Gasteiger partial charge in [-0.05, 0) is 5.56 Å². The predicted octanol–water partition coefficient (Wildman–Crippen LogP) is 0.577. The molecular weight excluding hydrogens is 316 g/mol. The van der Waals surface area contributed by atoms with E-state index in [0.717, 1.165) is 10.5 Å². The summed E-state index contributed by atoms with van der Waals surface area (Å²) in [4.78, 5) is 40.3. The number of aromatic nitrogens is 1. The van der Waals surface area contributed by atoms with Crippen molar-refractivity contribution >= 4 is 29.2 Å². The first-order chi connectivity index (χ1) is 11.1. The minimum absolute atomic E-state index is 0.103. The molecule has 118 valence electrons. The first-order valence-electron chi connectivity index (χ1n) is 6.96. The SMILES string of the molecule is O=C(CN1CC(=O)NC1=O)N=c1sccn1Cc1ccccc1. The Morgan fingerprint density at radius 1 is 1.26 bits per heavy atom. The Bertz CT molecular complexity index is 809. The number of nitrogens with one attached hydrogen (secondary N) is 1. The summed E-state index contributed by atoms with van der Waals surface area (Å²) in [6, 6.07) is 9.29. The van der Waals surface area contributed by atoms with Crippen molar-refractivity contribution in [3.05, 3.63) is 52.3 Å². The molecular formula is C15H14N4O3S. The zero-order valence-corrected chi connectivity index (χ0v) is 13.0. The second-order valence-electron chi connectivity index (χ2n) is 5.01. The summed E-state index contributed by atoms with van der Waals surface area (Å²) in [6.07, 6.45) is 1.86. The number of benzene rings is 1. The summed E-state index contributed by atoms with van der Waals surface area (Å²) in [5, 5.41) is 3.98. The van der Waals surface area contributed by atoms with Gasteiger partial charge in [0.1, 0.15) is 13.1 Å². The molecule has 0 unspecified atom stereocenters. The van der Waals surface area contributed by atoms with Gasteiger partial charge in [-0.2, -0.15) is 4.99 Å². The summed E-state index contributed by atoms with van der Waals surface area (Å²) in [7, 11) is 0. The average molecular weight is 330 g/mol. The average Bonchev–Trinajstić information content (AvgIpc) is 3.07. The number of rotatable bonds is 4. The molecule has 0 bridgehead atoms. The van der Waals surface area contributed by atoms with E-state index in [9.17, 15) is 14.4 Å². The molecule has 1 aliphatic heterocycles. The first-order valence-corrected chi connectivity index (χ1v) is 7.84. The number of amides is 4. The molecule has 0 spiro atoms. The van der Waals surface area contributed by atoms with Gasteiger partial charge in [-0.3, -0.25) is 14.9 Å². The number of hydrogen-bond donors (Lipinski definition) is 1. The lowest BCUT2D eigenvalue weighted by molar-refractivity contribution is -0.119. The second kappa shape index (κ2) is 6.57. The third kappa shape index (κ3) is 3.72. The van der Waals surface area contributed by atoms with Crippen LogP contribution >= 0.6 is 11.3 Å². The molecule has 1 aliphatic rings. The molecule has 1 aromatic heterocycles. The maximum atomic E-state index is 12.0. The highest BCUT2D eigenvalue weighted by Crippen LogP contribution is 2.02. The molecule has 0 atom stereocenters. The van der Waals surface area contributed by atoms with E-state index in [0.29, 0.717) is 11.3 Å². The number of carbonyl (C=O) groups excluding carboxylic acids is 3. The number of hydrogen-bond acceptors (Lipinski definition) is 4. The van der Waals surface area contributed by atoms with E-state index in [1.165, 1.54) is 11.3 Å². The molecule has 7 nitrogen and oxygen atoms in total. The Labute approximate surface area is 135 Å². The monoisotopic (exact) mass is 330 g/mol. The van der Waals surface area contributed by atoms with Gasteiger partial charge >= 0.3 is 6.03 Å². The summed E-state index contributed by atoms with van der Waals surface area (Å²) >= 11 is 1.35. The molecule has 1 fully saturated rings. The van der Waals surface area contributed by atoms with Gasteiger partial charge in [-0.25, -0.2) is 4.79 Å². The Morgan fingerprint density at radius 2 is 2.04 bits per heavy atom. The largest absolute Gasteiger partial charge is 0.325 e. The van der Waals surface area contributed by atoms with Crippen molar-refractivity contribution in [3.63, 3.8) is 0 Å². The van der Waals surface area contributed by atoms with Crippen LogP contribution in [0.25, 0.3) is 0 Å². The zero-order valence-electron chi connectivity index (χ0n) is 12.1. The van der Waals surface area contributed by atoms with Crippen molar-refractivity contribution in [1.82, 2.24) is 14.8 Å². The third-order valence-electron chi connectivity index (χ3n) is 3.27. The first kappa shape index (κ1) is 15.2. The molecule has 0 aliphatic carbocycles. The number of imide groups is 1. The van der Waals surface area contributed by atoms with Crippen molar-refractivity contribution in [2.45, 2.75) is 6.54 Å². The summed E-state index contributed by atoms with van der Waals surface area (Å²) in [5.74, 6) is -0.864. The topological polar surface area (TPSA) is 83.8 Å². The highest BCUT2D eigenvalue weighted by Gasteiger charge is 2.28. The van der Waals surface area contributed by atoms with E-state index in [4.69, 9.17) is 0 Å². The summed E-state index contributed by atoms with van der Waals surface area (Å²) in [5.41, 5.74) is 1.10. The predicted molar refractivity (Wildman–Crippen MR) is 83.5 cm³/mol. The van der Waals surface area contributed by atoms with Crippen molar-refractivity contribution in [1.29, 1.82) is 0 Å². The molecule has 2 heterocycles. The molecule has 23 heavy (non-hydrogen) atoms. The molecule has 0 saturated carbocycles. The van der Waals surface area contributed by atoms with E-state index >= 15 is 0 Å². The van der Waals surface area contributed by atoms with E-state index in [2.05, 4.69) is 10.3 Å². The Kier molecular flexibility index (Phi) is 4.33. The summed E-state index contributed by atoms with van der Waals surface area (Å²) in [6.45, 7) is 0.300. The highest BCUT2D eigenvalue weighted by atomic mass is 32.1. The van der Waals surface area contributed by atoms with Crippen LogP contribution in [0.5, 0.6) is 0 Å². The summed E-state index contributed by atoms with van der Waals surface area (Å²) < 4.78 is 1.87. The third-order valence-corrected chi connectivity index (χ3v) is 4.06. The lowest BCUT2D eigenvalue weighted by Gasteiger charge is -2.09. The van der Waals surface area contributed by atoms with E-state index in [1.807, 2.05) is 46.5 Å². The number of carbonyl (C=O) groups is 3. The van der Waals surface area contributed by atoms with Crippen LogP contribution < -0.4 is 10.1 Å². The number of urea groups is 1. The molecule has 0 radical (unpaired) electrons. The highest BCUT2D eigenvalue weighted by molar-refractivity contribution is 7.07. The Hall–Kier alpha value is -2.74. The number of thiazole rings is 1. The van der Waals surface area contributed by atoms with Crippen molar-refractivity contribution < 1.29 is 14.4 Å². The van der Waals surface area contributed by atoms with E-state index < -0.39 is 17.8 Å². The molecule has 1 saturated heterocycles. The van der Waals surface area contributed by atoms with Crippen LogP contribution in [0.15, 0.2) is 46.9 Å². The van der Waals surface area contributed by atoms with Crippen LogP contribution in [0.3, 0.4) is 0 Å². The van der Waals surface area contributed by atoms with E-state index in [1.54, 1.807) is 0 Å². The second-order valence-corrected chi connectivity index (χ2v) is 5.89. The lowest BCUT2D eigenvalue weighted by Crippen LogP contribution is -2.33. The maximum Gasteiger partial charge on any atom is 0.325 e. The van der Waals surface area contributed by atoms with Crippen LogP contribution in [0.4, 0.5) is 4.79 Å². The molecule has 1 N–H and O–H groups in total. The van der Waals surface area contributed by atoms with Crippen LogP contribution in [0, 0.1) is 0 Å². The van der Waals surface area contributed by atoms with Gasteiger partial charge in [0.2, 0.25) is 5.91 Å². The smallest absolute Gasteiger partial charge is 0.319 e. The minimum atomic E-state index is -0.554. The fraction of sp³-hybridized carbons (Fsp3) is 0.200. The van der Waals surface area contributed by atoms with Crippen molar-refractivity contribution in [2.24, 2.45) is 4.99 Å². The fourth-order valence-electron chi connectivity index (χ4n) is 2.20. The van der Waals surface area contributed by atoms with Gasteiger partial charge in [0.15, 0.2) is 4.80 Å². The quantitative estimate of drug-likeness (QED) is 0.832. The van der Waals surface area contributed by atoms with Gasteiger partial charge in [-0.15, -0.1) is 11.3 Å². The van der Waals surface area contributed by atoms with Gasteiger partial charge in [0, 0.05) is 18.1 Å². The van der Waals surface area contributed by atoms with Crippen LogP contribution in [-0.2, 0) is 16.1 Å². The molecule has 4 amide bonds. The molecule has 2 aromatic rings. The number of nitrogens with zero attached hydrogens (tertiary/aromatic N) is 3. The normalized spacial score (nSPS) is 15.1. The zero-order chi connectivity index (χ0) is 16.2. The Morgan fingerprint density at radius 3 is 2.74 bits per heavy atom. The van der Waals surface area contributed by atoms with Gasteiger partial charge in [0.05, 0.1) is 0 Å². The van der Waals surface area contributed by atoms with Gasteiger partial charge in [-0.1, -0.05) is 30.3 Å². The van der Waals surface area contributed by atoms with Gasteiger partial charge in [0.25, 0.3) is 5.91 Å². The fourth-order valence-corrected chi connectivity index (χ4v) is 2.95. The van der Waals surface area contributed by atoms with Crippen molar-refractivity contribution in [3.8, 4) is 0 Å². The van der Waals surface area contributed by atoms with Gasteiger partial charge < -0.3 is 9.47 Å². The standard InChI is InChI=1S/C15H14N4O3S/c20-12-9-19(14(22)16-12)10-13(21)17-15-18(6-7-23-15)8-11-4-2-1-3-5-11/h1-7H,8-10H2,(H,16,20,22). The minimum Gasteiger partial charge on any atom is -0.319 e. The van der Waals surface area contributed by atoms with Crippen LogP contribution in [0.2, 0.25) is 0 Å². The molecule has 8 heteroatoms. The lowest BCUT2D eigenvalue weighted by atomic mass is 10.2. The molecule has 3 rings (SSSR count). The van der Waals surface area contributed by atoms with Crippen LogP contribution in [-0.4, -0.2) is 40.4 Å². The Balaban J connectivity index is 1.73. The van der Waals surface area contributed by atoms with Crippen LogP contribution in [0.1, 0.15) is 5.56 Å². The van der Waals surface area contributed by atoms with Crippen molar-refractivity contribution in [2.75, 3.05) is 13.1 Å².